The van der Waals surface area contributed by atoms with Crippen molar-refractivity contribution in [2.24, 2.45) is 5.92 Å². The van der Waals surface area contributed by atoms with Crippen LogP contribution in [0.5, 0.6) is 0 Å². The number of hydrogen-bond acceptors (Lipinski definition) is 3. The Kier molecular flexibility index (Phi) is 5.88. The number of benzene rings is 1. The summed E-state index contributed by atoms with van der Waals surface area (Å²) in [6, 6.07) is 10.3. The van der Waals surface area contributed by atoms with Crippen LogP contribution in [0.15, 0.2) is 45.5 Å². The summed E-state index contributed by atoms with van der Waals surface area (Å²) >= 11 is 3.56. The van der Waals surface area contributed by atoms with Gasteiger partial charge in [-0.3, -0.25) is 0 Å². The van der Waals surface area contributed by atoms with Gasteiger partial charge >= 0.3 is 0 Å². The molecule has 0 saturated carbocycles. The lowest BCUT2D eigenvalue weighted by molar-refractivity contribution is 0.507. The number of halogens is 1. The molecule has 0 saturated heterocycles. The highest BCUT2D eigenvalue weighted by atomic mass is 79.9. The van der Waals surface area contributed by atoms with E-state index in [0.717, 1.165) is 29.9 Å². The molecule has 2 aromatic rings. The van der Waals surface area contributed by atoms with Crippen LogP contribution in [0, 0.1) is 5.92 Å². The van der Waals surface area contributed by atoms with Gasteiger partial charge in [-0.1, -0.05) is 29.8 Å². The van der Waals surface area contributed by atoms with E-state index in [-0.39, 0.29) is 0 Å². The Balaban J connectivity index is 2.09. The Morgan fingerprint density at radius 3 is 2.76 bits per heavy atom. The summed E-state index contributed by atoms with van der Waals surface area (Å²) in [5.74, 6) is 1.63. The van der Waals surface area contributed by atoms with Gasteiger partial charge in [-0.25, -0.2) is 0 Å². The third-order valence-corrected chi connectivity index (χ3v) is 3.79. The molecular formula is C17H23BrN2O. The third kappa shape index (κ3) is 4.90. The number of hydrogen-bond donors (Lipinski definition) is 1. The van der Waals surface area contributed by atoms with E-state index in [1.165, 1.54) is 11.3 Å². The Labute approximate surface area is 135 Å². The van der Waals surface area contributed by atoms with Gasteiger partial charge in [0.2, 0.25) is 0 Å². The standard InChI is InChI=1S/C17H23BrN2O/c1-13(2)10-19-11-14-9-15(18)6-7-17(14)20(3)12-16-5-4-8-21-16/h4-9,13,19H,10-12H2,1-3H3. The molecule has 0 bridgehead atoms. The average Bonchev–Trinajstić information content (AvgIpc) is 2.91. The zero-order chi connectivity index (χ0) is 15.2. The van der Waals surface area contributed by atoms with Gasteiger partial charge in [0.05, 0.1) is 12.8 Å². The third-order valence-electron chi connectivity index (χ3n) is 3.29. The molecule has 4 heteroatoms. The van der Waals surface area contributed by atoms with Crippen molar-refractivity contribution in [1.82, 2.24) is 5.32 Å². The molecule has 1 aromatic heterocycles. The number of anilines is 1. The molecule has 0 unspecified atom stereocenters. The molecule has 0 aliphatic heterocycles. The van der Waals surface area contributed by atoms with Crippen LogP contribution in [0.3, 0.4) is 0 Å². The van der Waals surface area contributed by atoms with E-state index in [1.807, 2.05) is 12.1 Å². The normalized spacial score (nSPS) is 11.1. The molecule has 3 nitrogen and oxygen atoms in total. The van der Waals surface area contributed by atoms with Crippen LogP contribution in [-0.2, 0) is 13.1 Å². The Morgan fingerprint density at radius 2 is 2.10 bits per heavy atom. The molecular weight excluding hydrogens is 328 g/mol. The molecule has 2 rings (SSSR count). The first-order valence-electron chi connectivity index (χ1n) is 7.29. The smallest absolute Gasteiger partial charge is 0.123 e. The van der Waals surface area contributed by atoms with Gasteiger partial charge in [0.25, 0.3) is 0 Å². The molecule has 1 heterocycles. The molecule has 0 radical (unpaired) electrons. The lowest BCUT2D eigenvalue weighted by Crippen LogP contribution is -2.22. The number of nitrogens with one attached hydrogen (secondary N) is 1. The van der Waals surface area contributed by atoms with Crippen molar-refractivity contribution in [3.8, 4) is 0 Å². The maximum Gasteiger partial charge on any atom is 0.123 e. The van der Waals surface area contributed by atoms with Crippen LogP contribution in [0.2, 0.25) is 0 Å². The highest BCUT2D eigenvalue weighted by Gasteiger charge is 2.10. The van der Waals surface area contributed by atoms with Crippen molar-refractivity contribution >= 4 is 21.6 Å². The van der Waals surface area contributed by atoms with E-state index < -0.39 is 0 Å². The number of rotatable bonds is 7. The molecule has 0 spiro atoms. The molecule has 1 N–H and O–H groups in total. The summed E-state index contributed by atoms with van der Waals surface area (Å²) in [4.78, 5) is 2.22. The molecule has 0 atom stereocenters. The van der Waals surface area contributed by atoms with Crippen LogP contribution < -0.4 is 10.2 Å². The molecule has 0 fully saturated rings. The zero-order valence-electron chi connectivity index (χ0n) is 12.9. The minimum absolute atomic E-state index is 0.654. The van der Waals surface area contributed by atoms with E-state index in [4.69, 9.17) is 4.42 Å². The minimum atomic E-state index is 0.654. The van der Waals surface area contributed by atoms with E-state index >= 15 is 0 Å². The van der Waals surface area contributed by atoms with Crippen molar-refractivity contribution in [2.75, 3.05) is 18.5 Å². The summed E-state index contributed by atoms with van der Waals surface area (Å²) in [6.07, 6.45) is 1.72. The van der Waals surface area contributed by atoms with E-state index in [2.05, 4.69) is 65.2 Å². The van der Waals surface area contributed by atoms with Crippen molar-refractivity contribution in [2.45, 2.75) is 26.9 Å². The Morgan fingerprint density at radius 1 is 1.29 bits per heavy atom. The molecule has 0 amide bonds. The molecule has 0 aliphatic carbocycles. The Bertz CT molecular complexity index is 552. The summed E-state index contributed by atoms with van der Waals surface area (Å²) in [6.45, 7) is 7.10. The largest absolute Gasteiger partial charge is 0.467 e. The highest BCUT2D eigenvalue weighted by molar-refractivity contribution is 9.10. The lowest BCUT2D eigenvalue weighted by atomic mass is 10.1. The van der Waals surface area contributed by atoms with Gasteiger partial charge in [-0.15, -0.1) is 0 Å². The van der Waals surface area contributed by atoms with Gasteiger partial charge in [-0.05, 0) is 48.4 Å². The van der Waals surface area contributed by atoms with Crippen molar-refractivity contribution in [3.05, 3.63) is 52.4 Å². The second kappa shape index (κ2) is 7.66. The van der Waals surface area contributed by atoms with Crippen molar-refractivity contribution in [1.29, 1.82) is 0 Å². The van der Waals surface area contributed by atoms with Gasteiger partial charge in [0, 0.05) is 23.8 Å². The van der Waals surface area contributed by atoms with E-state index in [9.17, 15) is 0 Å². The summed E-state index contributed by atoms with van der Waals surface area (Å²) < 4.78 is 6.55. The fourth-order valence-electron chi connectivity index (χ4n) is 2.29. The van der Waals surface area contributed by atoms with Crippen LogP contribution in [-0.4, -0.2) is 13.6 Å². The van der Waals surface area contributed by atoms with Crippen LogP contribution in [0.4, 0.5) is 5.69 Å². The molecule has 114 valence electrons. The average molecular weight is 351 g/mol. The quantitative estimate of drug-likeness (QED) is 0.800. The fraction of sp³-hybridized carbons (Fsp3) is 0.412. The second-order valence-corrected chi connectivity index (χ2v) is 6.65. The second-order valence-electron chi connectivity index (χ2n) is 5.73. The summed E-state index contributed by atoms with van der Waals surface area (Å²) in [5.41, 5.74) is 2.52. The first-order chi connectivity index (χ1) is 10.1. The molecule has 0 aliphatic rings. The van der Waals surface area contributed by atoms with Gasteiger partial charge < -0.3 is 14.6 Å². The first kappa shape index (κ1) is 16.1. The van der Waals surface area contributed by atoms with Gasteiger partial charge in [0.1, 0.15) is 5.76 Å². The van der Waals surface area contributed by atoms with E-state index in [0.29, 0.717) is 5.92 Å². The molecule has 21 heavy (non-hydrogen) atoms. The number of furan rings is 1. The zero-order valence-corrected chi connectivity index (χ0v) is 14.5. The van der Waals surface area contributed by atoms with E-state index in [1.54, 1.807) is 6.26 Å². The monoisotopic (exact) mass is 350 g/mol. The highest BCUT2D eigenvalue weighted by Crippen LogP contribution is 2.25. The maximum atomic E-state index is 5.44. The van der Waals surface area contributed by atoms with Crippen molar-refractivity contribution < 1.29 is 4.42 Å². The lowest BCUT2D eigenvalue weighted by Gasteiger charge is -2.22. The Hall–Kier alpha value is -1.26. The van der Waals surface area contributed by atoms with Crippen molar-refractivity contribution in [3.63, 3.8) is 0 Å². The predicted octanol–water partition coefficient (Wildman–Crippen LogP) is 4.42. The van der Waals surface area contributed by atoms with Crippen LogP contribution in [0.25, 0.3) is 0 Å². The van der Waals surface area contributed by atoms with Crippen LogP contribution in [0.1, 0.15) is 25.2 Å². The predicted molar refractivity (Wildman–Crippen MR) is 91.5 cm³/mol. The topological polar surface area (TPSA) is 28.4 Å². The summed E-state index contributed by atoms with van der Waals surface area (Å²) in [7, 11) is 2.09. The first-order valence-corrected chi connectivity index (χ1v) is 8.08. The van der Waals surface area contributed by atoms with Gasteiger partial charge in [-0.2, -0.15) is 0 Å². The SMILES string of the molecule is CC(C)CNCc1cc(Br)ccc1N(C)Cc1ccco1. The maximum absolute atomic E-state index is 5.44. The van der Waals surface area contributed by atoms with Crippen LogP contribution >= 0.6 is 15.9 Å². The minimum Gasteiger partial charge on any atom is -0.467 e. The van der Waals surface area contributed by atoms with Gasteiger partial charge in [0.15, 0.2) is 0 Å². The molecule has 1 aromatic carbocycles. The number of nitrogens with zero attached hydrogens (tertiary/aromatic N) is 1. The fourth-order valence-corrected chi connectivity index (χ4v) is 2.69. The summed E-state index contributed by atoms with van der Waals surface area (Å²) in [5, 5.41) is 3.51.